The van der Waals surface area contributed by atoms with Crippen molar-refractivity contribution in [2.24, 2.45) is 0 Å². The maximum Gasteiger partial charge on any atom is 0.203 e. The van der Waals surface area contributed by atoms with Crippen LogP contribution < -0.4 is 14.2 Å². The molecule has 114 valence electrons. The van der Waals surface area contributed by atoms with Gasteiger partial charge in [0.1, 0.15) is 13.2 Å². The van der Waals surface area contributed by atoms with Gasteiger partial charge >= 0.3 is 0 Å². The number of allylic oxidation sites excluding steroid dienone is 1. The van der Waals surface area contributed by atoms with Crippen LogP contribution in [0.5, 0.6) is 17.2 Å². The van der Waals surface area contributed by atoms with Crippen LogP contribution in [0.2, 0.25) is 4.34 Å². The second-order valence-corrected chi connectivity index (χ2v) is 6.26. The lowest BCUT2D eigenvalue weighted by molar-refractivity contribution is 0.105. The van der Waals surface area contributed by atoms with E-state index in [2.05, 4.69) is 0 Å². The SMILES string of the molecule is COc1cc(/C=C/C(=O)c2ccc(Cl)s2)cc2c1OCCO2. The quantitative estimate of drug-likeness (QED) is 0.623. The molecule has 0 saturated heterocycles. The van der Waals surface area contributed by atoms with E-state index >= 15 is 0 Å². The standard InChI is InChI=1S/C16H13ClO4S/c1-19-12-8-10(9-13-16(12)21-7-6-20-13)2-3-11(18)14-4-5-15(17)22-14/h2-5,8-9H,6-7H2,1H3/b3-2+. The molecule has 0 spiro atoms. The number of thiophene rings is 1. The first kappa shape index (κ1) is 14.9. The molecule has 1 aromatic heterocycles. The molecule has 0 bridgehead atoms. The normalized spacial score (nSPS) is 13.4. The highest BCUT2D eigenvalue weighted by Crippen LogP contribution is 2.40. The Labute approximate surface area is 136 Å². The van der Waals surface area contributed by atoms with E-state index in [9.17, 15) is 4.79 Å². The molecule has 2 heterocycles. The van der Waals surface area contributed by atoms with E-state index < -0.39 is 0 Å². The third-order valence-electron chi connectivity index (χ3n) is 3.09. The summed E-state index contributed by atoms with van der Waals surface area (Å²) in [5.41, 5.74) is 0.803. The molecule has 0 fully saturated rings. The summed E-state index contributed by atoms with van der Waals surface area (Å²) in [5, 5.41) is 0. The van der Waals surface area contributed by atoms with Crippen LogP contribution in [0.4, 0.5) is 0 Å². The molecule has 0 amide bonds. The summed E-state index contributed by atoms with van der Waals surface area (Å²) < 4.78 is 17.0. The fourth-order valence-corrected chi connectivity index (χ4v) is 3.05. The van der Waals surface area contributed by atoms with Crippen LogP contribution in [0.1, 0.15) is 15.2 Å². The van der Waals surface area contributed by atoms with Crippen molar-refractivity contribution in [3.05, 3.63) is 45.1 Å². The number of ketones is 1. The van der Waals surface area contributed by atoms with E-state index in [-0.39, 0.29) is 5.78 Å². The lowest BCUT2D eigenvalue weighted by Crippen LogP contribution is -2.16. The molecule has 4 nitrogen and oxygen atoms in total. The zero-order valence-electron chi connectivity index (χ0n) is 11.8. The minimum atomic E-state index is -0.0919. The molecule has 3 rings (SSSR count). The van der Waals surface area contributed by atoms with Gasteiger partial charge in [-0.1, -0.05) is 17.7 Å². The van der Waals surface area contributed by atoms with Crippen LogP contribution in [0, 0.1) is 0 Å². The van der Waals surface area contributed by atoms with Gasteiger partial charge in [-0.2, -0.15) is 0 Å². The summed E-state index contributed by atoms with van der Waals surface area (Å²) in [7, 11) is 1.57. The molecule has 0 radical (unpaired) electrons. The van der Waals surface area contributed by atoms with Gasteiger partial charge in [0.2, 0.25) is 5.75 Å². The lowest BCUT2D eigenvalue weighted by Gasteiger charge is -2.20. The topological polar surface area (TPSA) is 44.8 Å². The lowest BCUT2D eigenvalue weighted by atomic mass is 10.1. The molecule has 1 aliphatic rings. The number of ether oxygens (including phenoxy) is 3. The van der Waals surface area contributed by atoms with E-state index in [0.29, 0.717) is 39.7 Å². The highest BCUT2D eigenvalue weighted by atomic mass is 35.5. The molecule has 2 aromatic rings. The molecular weight excluding hydrogens is 324 g/mol. The average molecular weight is 337 g/mol. The van der Waals surface area contributed by atoms with Crippen LogP contribution in [0.25, 0.3) is 6.08 Å². The Morgan fingerprint density at radius 1 is 1.32 bits per heavy atom. The predicted octanol–water partition coefficient (Wildman–Crippen LogP) is 4.08. The van der Waals surface area contributed by atoms with Gasteiger partial charge in [0, 0.05) is 0 Å². The Morgan fingerprint density at radius 3 is 2.86 bits per heavy atom. The zero-order chi connectivity index (χ0) is 15.5. The van der Waals surface area contributed by atoms with E-state index in [1.807, 2.05) is 6.07 Å². The van der Waals surface area contributed by atoms with E-state index in [0.717, 1.165) is 5.56 Å². The largest absolute Gasteiger partial charge is 0.493 e. The van der Waals surface area contributed by atoms with Crippen molar-refractivity contribution >= 4 is 34.8 Å². The summed E-state index contributed by atoms with van der Waals surface area (Å²) in [5.74, 6) is 1.72. The van der Waals surface area contributed by atoms with Gasteiger partial charge in [-0.25, -0.2) is 0 Å². The van der Waals surface area contributed by atoms with Crippen LogP contribution in [-0.2, 0) is 0 Å². The number of halogens is 1. The second-order valence-electron chi connectivity index (χ2n) is 4.55. The Kier molecular flexibility index (Phi) is 4.36. The minimum Gasteiger partial charge on any atom is -0.493 e. The molecule has 1 aliphatic heterocycles. The maximum atomic E-state index is 12.1. The number of hydrogen-bond donors (Lipinski definition) is 0. The number of hydrogen-bond acceptors (Lipinski definition) is 5. The summed E-state index contributed by atoms with van der Waals surface area (Å²) in [6.07, 6.45) is 3.23. The van der Waals surface area contributed by atoms with E-state index in [1.165, 1.54) is 17.4 Å². The minimum absolute atomic E-state index is 0.0919. The van der Waals surface area contributed by atoms with Gasteiger partial charge in [0.25, 0.3) is 0 Å². The van der Waals surface area contributed by atoms with Gasteiger partial charge in [0.15, 0.2) is 17.3 Å². The number of carbonyl (C=O) groups excluding carboxylic acids is 1. The summed E-state index contributed by atoms with van der Waals surface area (Å²) in [6, 6.07) is 7.05. The van der Waals surface area contributed by atoms with Crippen LogP contribution in [-0.4, -0.2) is 26.1 Å². The summed E-state index contributed by atoms with van der Waals surface area (Å²) in [4.78, 5) is 12.7. The molecule has 0 aliphatic carbocycles. The Morgan fingerprint density at radius 2 is 2.14 bits per heavy atom. The highest BCUT2D eigenvalue weighted by Gasteiger charge is 2.17. The molecule has 0 N–H and O–H groups in total. The summed E-state index contributed by atoms with van der Waals surface area (Å²) in [6.45, 7) is 0.992. The maximum absolute atomic E-state index is 12.1. The third-order valence-corrected chi connectivity index (χ3v) is 4.34. The first-order valence-electron chi connectivity index (χ1n) is 6.63. The van der Waals surface area contributed by atoms with E-state index in [1.54, 1.807) is 31.4 Å². The fourth-order valence-electron chi connectivity index (χ4n) is 2.09. The van der Waals surface area contributed by atoms with Crippen molar-refractivity contribution in [1.29, 1.82) is 0 Å². The van der Waals surface area contributed by atoms with E-state index in [4.69, 9.17) is 25.8 Å². The van der Waals surface area contributed by atoms with Crippen molar-refractivity contribution in [3.8, 4) is 17.2 Å². The van der Waals surface area contributed by atoms with Crippen molar-refractivity contribution in [1.82, 2.24) is 0 Å². The number of methoxy groups -OCH3 is 1. The third kappa shape index (κ3) is 3.10. The molecule has 22 heavy (non-hydrogen) atoms. The van der Waals surface area contributed by atoms with Crippen molar-refractivity contribution in [2.75, 3.05) is 20.3 Å². The van der Waals surface area contributed by atoms with Gasteiger partial charge in [-0.05, 0) is 35.9 Å². The number of fused-ring (bicyclic) bond motifs is 1. The summed E-state index contributed by atoms with van der Waals surface area (Å²) >= 11 is 7.09. The molecular formula is C16H13ClO4S. The van der Waals surface area contributed by atoms with Crippen LogP contribution in [0.3, 0.4) is 0 Å². The molecule has 1 aromatic carbocycles. The second kappa shape index (κ2) is 6.42. The van der Waals surface area contributed by atoms with Gasteiger partial charge in [-0.15, -0.1) is 11.3 Å². The number of carbonyl (C=O) groups is 1. The average Bonchev–Trinajstić information content (AvgIpc) is 2.98. The van der Waals surface area contributed by atoms with Gasteiger partial charge in [-0.3, -0.25) is 4.79 Å². The van der Waals surface area contributed by atoms with Crippen LogP contribution >= 0.6 is 22.9 Å². The van der Waals surface area contributed by atoms with Crippen molar-refractivity contribution in [3.63, 3.8) is 0 Å². The monoisotopic (exact) mass is 336 g/mol. The number of rotatable bonds is 4. The van der Waals surface area contributed by atoms with Crippen molar-refractivity contribution < 1.29 is 19.0 Å². The number of benzene rings is 1. The Hall–Kier alpha value is -1.98. The zero-order valence-corrected chi connectivity index (χ0v) is 13.4. The molecule has 0 unspecified atom stereocenters. The first-order valence-corrected chi connectivity index (χ1v) is 7.82. The Balaban J connectivity index is 1.85. The van der Waals surface area contributed by atoms with Gasteiger partial charge < -0.3 is 14.2 Å². The highest BCUT2D eigenvalue weighted by molar-refractivity contribution is 7.18. The smallest absolute Gasteiger partial charge is 0.203 e. The van der Waals surface area contributed by atoms with Crippen molar-refractivity contribution in [2.45, 2.75) is 0 Å². The fraction of sp³-hybridized carbons (Fsp3) is 0.188. The molecule has 0 atom stereocenters. The first-order chi connectivity index (χ1) is 10.7. The Bertz CT molecular complexity index is 718. The molecule has 6 heteroatoms. The van der Waals surface area contributed by atoms with Gasteiger partial charge in [0.05, 0.1) is 16.3 Å². The predicted molar refractivity (Wildman–Crippen MR) is 86.7 cm³/mol. The van der Waals surface area contributed by atoms with Crippen LogP contribution in [0.15, 0.2) is 30.3 Å². The molecule has 0 saturated carbocycles.